The molecule has 1 aromatic rings. The second-order valence-electron chi connectivity index (χ2n) is 4.18. The van der Waals surface area contributed by atoms with Gasteiger partial charge in [0.1, 0.15) is 0 Å². The molecular weight excluding hydrogens is 218 g/mol. The normalized spacial score (nSPS) is 14.4. The number of benzene rings is 1. The number of aryl methyl sites for hydroxylation is 1. The Balaban J connectivity index is 2.50. The number of hydrogen-bond acceptors (Lipinski definition) is 3. The van der Waals surface area contributed by atoms with Crippen molar-refractivity contribution in [2.75, 3.05) is 25.2 Å². The van der Waals surface area contributed by atoms with E-state index in [4.69, 9.17) is 4.74 Å². The summed E-state index contributed by atoms with van der Waals surface area (Å²) in [5.74, 6) is -0.870. The summed E-state index contributed by atoms with van der Waals surface area (Å²) < 4.78 is 4.97. The number of anilines is 1. The molecule has 1 amide bonds. The quantitative estimate of drug-likeness (QED) is 0.743. The first kappa shape index (κ1) is 11.8. The zero-order valence-electron chi connectivity index (χ0n) is 10.2. The highest BCUT2D eigenvalue weighted by Crippen LogP contribution is 2.33. The Morgan fingerprint density at radius 2 is 1.94 bits per heavy atom. The number of carbonyl (C=O) groups is 2. The van der Waals surface area contributed by atoms with Gasteiger partial charge in [-0.15, -0.1) is 0 Å². The van der Waals surface area contributed by atoms with Crippen LogP contribution in [0, 0.1) is 13.8 Å². The highest BCUT2D eigenvalue weighted by atomic mass is 16.5. The Kier molecular flexibility index (Phi) is 2.98. The van der Waals surface area contributed by atoms with Gasteiger partial charge in [-0.05, 0) is 31.0 Å². The summed E-state index contributed by atoms with van der Waals surface area (Å²) in [6.07, 6.45) is 0. The van der Waals surface area contributed by atoms with E-state index in [9.17, 15) is 9.59 Å². The minimum absolute atomic E-state index is 0.415. The van der Waals surface area contributed by atoms with Crippen LogP contribution in [0.1, 0.15) is 21.5 Å². The van der Waals surface area contributed by atoms with Crippen LogP contribution in [-0.2, 0) is 9.53 Å². The summed E-state index contributed by atoms with van der Waals surface area (Å²) >= 11 is 0. The summed E-state index contributed by atoms with van der Waals surface area (Å²) in [6, 6.07) is 3.60. The van der Waals surface area contributed by atoms with Gasteiger partial charge in [0.25, 0.3) is 11.7 Å². The average molecular weight is 233 g/mol. The lowest BCUT2D eigenvalue weighted by Gasteiger charge is -2.18. The maximum absolute atomic E-state index is 11.9. The molecule has 4 heteroatoms. The molecule has 90 valence electrons. The lowest BCUT2D eigenvalue weighted by Crippen LogP contribution is -2.33. The van der Waals surface area contributed by atoms with Crippen molar-refractivity contribution >= 4 is 17.4 Å². The van der Waals surface area contributed by atoms with Crippen LogP contribution in [-0.4, -0.2) is 32.0 Å². The fraction of sp³-hybridized carbons (Fsp3) is 0.385. The molecule has 0 aromatic heterocycles. The number of amides is 1. The van der Waals surface area contributed by atoms with Gasteiger partial charge in [0, 0.05) is 13.7 Å². The second-order valence-corrected chi connectivity index (χ2v) is 4.18. The molecule has 1 aromatic carbocycles. The van der Waals surface area contributed by atoms with Crippen molar-refractivity contribution in [2.24, 2.45) is 0 Å². The minimum Gasteiger partial charge on any atom is -0.383 e. The molecule has 0 N–H and O–H groups in total. The largest absolute Gasteiger partial charge is 0.383 e. The second kappa shape index (κ2) is 4.30. The van der Waals surface area contributed by atoms with Crippen LogP contribution in [0.5, 0.6) is 0 Å². The third-order valence-corrected chi connectivity index (χ3v) is 3.17. The fourth-order valence-electron chi connectivity index (χ4n) is 2.07. The van der Waals surface area contributed by atoms with Crippen LogP contribution >= 0.6 is 0 Å². The topological polar surface area (TPSA) is 46.6 Å². The number of rotatable bonds is 3. The maximum atomic E-state index is 11.9. The molecule has 1 aliphatic rings. The van der Waals surface area contributed by atoms with Gasteiger partial charge in [0.05, 0.1) is 17.9 Å². The van der Waals surface area contributed by atoms with Crippen molar-refractivity contribution in [2.45, 2.75) is 13.8 Å². The van der Waals surface area contributed by atoms with Gasteiger partial charge < -0.3 is 9.64 Å². The Morgan fingerprint density at radius 3 is 2.59 bits per heavy atom. The smallest absolute Gasteiger partial charge is 0.299 e. The molecule has 0 bridgehead atoms. The Hall–Kier alpha value is -1.68. The summed E-state index contributed by atoms with van der Waals surface area (Å²) in [4.78, 5) is 25.2. The minimum atomic E-state index is -0.453. The first-order chi connectivity index (χ1) is 8.07. The van der Waals surface area contributed by atoms with E-state index in [-0.39, 0.29) is 0 Å². The van der Waals surface area contributed by atoms with Gasteiger partial charge in [0.15, 0.2) is 0 Å². The van der Waals surface area contributed by atoms with E-state index in [1.165, 1.54) is 4.90 Å². The van der Waals surface area contributed by atoms with Gasteiger partial charge in [-0.3, -0.25) is 9.59 Å². The van der Waals surface area contributed by atoms with Gasteiger partial charge in [-0.2, -0.15) is 0 Å². The number of ether oxygens (including phenoxy) is 1. The van der Waals surface area contributed by atoms with Crippen LogP contribution in [0.3, 0.4) is 0 Å². The van der Waals surface area contributed by atoms with Crippen molar-refractivity contribution in [3.63, 3.8) is 0 Å². The van der Waals surface area contributed by atoms with E-state index < -0.39 is 11.7 Å². The lowest BCUT2D eigenvalue weighted by atomic mass is 10.0. The molecule has 0 radical (unpaired) electrons. The first-order valence-corrected chi connectivity index (χ1v) is 5.53. The number of hydrogen-bond donors (Lipinski definition) is 0. The molecular formula is C13H15NO3. The summed E-state index contributed by atoms with van der Waals surface area (Å²) in [5.41, 5.74) is 3.32. The molecule has 1 aliphatic heterocycles. The Morgan fingerprint density at radius 1 is 1.24 bits per heavy atom. The number of methoxy groups -OCH3 is 1. The Bertz CT molecular complexity index is 494. The number of carbonyl (C=O) groups excluding carboxylic acids is 2. The molecule has 4 nitrogen and oxygen atoms in total. The molecule has 0 aliphatic carbocycles. The van der Waals surface area contributed by atoms with Crippen molar-refractivity contribution in [1.82, 2.24) is 0 Å². The zero-order valence-corrected chi connectivity index (χ0v) is 10.2. The number of nitrogens with zero attached hydrogens (tertiary/aromatic N) is 1. The van der Waals surface area contributed by atoms with Crippen molar-refractivity contribution < 1.29 is 14.3 Å². The molecule has 0 saturated carbocycles. The zero-order chi connectivity index (χ0) is 12.6. The monoisotopic (exact) mass is 233 g/mol. The third kappa shape index (κ3) is 1.74. The highest BCUT2D eigenvalue weighted by Gasteiger charge is 2.36. The highest BCUT2D eigenvalue weighted by molar-refractivity contribution is 6.52. The van der Waals surface area contributed by atoms with Crippen molar-refractivity contribution in [3.8, 4) is 0 Å². The average Bonchev–Trinajstić information content (AvgIpc) is 2.56. The summed E-state index contributed by atoms with van der Waals surface area (Å²) in [6.45, 7) is 4.74. The first-order valence-electron chi connectivity index (χ1n) is 5.53. The predicted molar refractivity (Wildman–Crippen MR) is 64.5 cm³/mol. The van der Waals surface area contributed by atoms with Crippen LogP contribution < -0.4 is 4.90 Å². The van der Waals surface area contributed by atoms with Gasteiger partial charge in [-0.25, -0.2) is 0 Å². The maximum Gasteiger partial charge on any atom is 0.299 e. The Labute approximate surface area is 100 Å². The predicted octanol–water partition coefficient (Wildman–Crippen LogP) is 1.48. The van der Waals surface area contributed by atoms with E-state index in [1.807, 2.05) is 19.9 Å². The van der Waals surface area contributed by atoms with Crippen LogP contribution in [0.4, 0.5) is 5.69 Å². The number of ketones is 1. The van der Waals surface area contributed by atoms with E-state index in [0.29, 0.717) is 18.7 Å². The fourth-order valence-corrected chi connectivity index (χ4v) is 2.07. The summed E-state index contributed by atoms with van der Waals surface area (Å²) in [7, 11) is 1.58. The van der Waals surface area contributed by atoms with Crippen molar-refractivity contribution in [1.29, 1.82) is 0 Å². The van der Waals surface area contributed by atoms with E-state index >= 15 is 0 Å². The van der Waals surface area contributed by atoms with Crippen LogP contribution in [0.2, 0.25) is 0 Å². The van der Waals surface area contributed by atoms with Gasteiger partial charge in [-0.1, -0.05) is 6.07 Å². The van der Waals surface area contributed by atoms with Crippen molar-refractivity contribution in [3.05, 3.63) is 28.8 Å². The molecule has 17 heavy (non-hydrogen) atoms. The standard InChI is InChI=1S/C13H15NO3/c1-8-4-5-10-11(9(8)2)14(6-7-17-3)13(16)12(10)15/h4-5H,6-7H2,1-3H3. The third-order valence-electron chi connectivity index (χ3n) is 3.17. The molecule has 0 fully saturated rings. The van der Waals surface area contributed by atoms with E-state index in [2.05, 4.69) is 0 Å². The number of fused-ring (bicyclic) bond motifs is 1. The van der Waals surface area contributed by atoms with Crippen LogP contribution in [0.15, 0.2) is 12.1 Å². The molecule has 0 saturated heterocycles. The molecule has 0 atom stereocenters. The summed E-state index contributed by atoms with van der Waals surface area (Å²) in [5, 5.41) is 0. The van der Waals surface area contributed by atoms with Gasteiger partial charge in [0.2, 0.25) is 0 Å². The van der Waals surface area contributed by atoms with Crippen LogP contribution in [0.25, 0.3) is 0 Å². The van der Waals surface area contributed by atoms with Gasteiger partial charge >= 0.3 is 0 Å². The molecule has 0 unspecified atom stereocenters. The molecule has 0 spiro atoms. The van der Waals surface area contributed by atoms with E-state index in [1.54, 1.807) is 13.2 Å². The molecule has 2 rings (SSSR count). The number of Topliss-reactive ketones (excluding diaryl/α,β-unsaturated/α-hetero) is 1. The lowest BCUT2D eigenvalue weighted by molar-refractivity contribution is -0.114. The molecule has 1 heterocycles. The van der Waals surface area contributed by atoms with E-state index in [0.717, 1.165) is 16.8 Å². The SMILES string of the molecule is COCCN1C(=O)C(=O)c2ccc(C)c(C)c21.